The lowest BCUT2D eigenvalue weighted by Gasteiger charge is -2.08. The average molecular weight is 367 g/mol. The van der Waals surface area contributed by atoms with Crippen LogP contribution in [0.4, 0.5) is 14.5 Å². The monoisotopic (exact) mass is 367 g/mol. The Kier molecular flexibility index (Phi) is 4.63. The van der Waals surface area contributed by atoms with Crippen molar-refractivity contribution in [1.82, 2.24) is 9.55 Å². The van der Waals surface area contributed by atoms with Crippen molar-refractivity contribution in [2.24, 2.45) is 7.05 Å². The first kappa shape index (κ1) is 16.6. The van der Waals surface area contributed by atoms with E-state index in [1.807, 2.05) is 0 Å². The number of benzene rings is 1. The van der Waals surface area contributed by atoms with Crippen molar-refractivity contribution >= 4 is 44.9 Å². The highest BCUT2D eigenvalue weighted by Gasteiger charge is 2.13. The summed E-state index contributed by atoms with van der Waals surface area (Å²) >= 11 is 2.41. The van der Waals surface area contributed by atoms with E-state index in [1.54, 1.807) is 18.5 Å². The first-order chi connectivity index (χ1) is 11.5. The second-order valence-electron chi connectivity index (χ2n) is 4.86. The minimum Gasteiger partial charge on any atom is -0.323 e. The van der Waals surface area contributed by atoms with Crippen LogP contribution in [-0.4, -0.2) is 21.2 Å². The predicted molar refractivity (Wildman–Crippen MR) is 90.6 cm³/mol. The molecule has 1 amide bonds. The van der Waals surface area contributed by atoms with Crippen molar-refractivity contribution in [2.45, 2.75) is 5.16 Å². The normalized spacial score (nSPS) is 11.0. The second kappa shape index (κ2) is 6.70. The van der Waals surface area contributed by atoms with Gasteiger partial charge in [0.1, 0.15) is 16.5 Å². The first-order valence-corrected chi connectivity index (χ1v) is 8.64. The number of thioether (sulfide) groups is 1. The molecule has 3 aromatic rings. The Morgan fingerprint density at radius 3 is 2.92 bits per heavy atom. The van der Waals surface area contributed by atoms with Crippen molar-refractivity contribution < 1.29 is 13.6 Å². The van der Waals surface area contributed by atoms with Crippen molar-refractivity contribution in [3.8, 4) is 0 Å². The summed E-state index contributed by atoms with van der Waals surface area (Å²) in [5.41, 5.74) is -0.286. The lowest BCUT2D eigenvalue weighted by Crippen LogP contribution is -2.21. The number of nitrogens with zero attached hydrogens (tertiary/aromatic N) is 2. The number of aromatic nitrogens is 2. The molecule has 0 spiro atoms. The summed E-state index contributed by atoms with van der Waals surface area (Å²) in [6.45, 7) is 0. The fraction of sp³-hybridized carbons (Fsp3) is 0.133. The van der Waals surface area contributed by atoms with Crippen LogP contribution in [0.1, 0.15) is 0 Å². The van der Waals surface area contributed by atoms with Gasteiger partial charge in [-0.2, -0.15) is 0 Å². The van der Waals surface area contributed by atoms with Crippen LogP contribution in [0, 0.1) is 11.6 Å². The number of thiophene rings is 1. The van der Waals surface area contributed by atoms with Crippen LogP contribution in [0.25, 0.3) is 10.2 Å². The third-order valence-electron chi connectivity index (χ3n) is 3.20. The topological polar surface area (TPSA) is 64.0 Å². The lowest BCUT2D eigenvalue weighted by atomic mass is 10.3. The van der Waals surface area contributed by atoms with E-state index in [1.165, 1.54) is 15.9 Å². The molecule has 0 saturated carbocycles. The van der Waals surface area contributed by atoms with Gasteiger partial charge >= 0.3 is 0 Å². The van der Waals surface area contributed by atoms with Gasteiger partial charge in [-0.05, 0) is 23.6 Å². The van der Waals surface area contributed by atoms with Gasteiger partial charge in [0.15, 0.2) is 5.16 Å². The highest BCUT2D eigenvalue weighted by molar-refractivity contribution is 7.99. The highest BCUT2D eigenvalue weighted by Crippen LogP contribution is 2.21. The van der Waals surface area contributed by atoms with Gasteiger partial charge in [0, 0.05) is 13.1 Å². The Labute approximate surface area is 143 Å². The minimum absolute atomic E-state index is 0.0615. The lowest BCUT2D eigenvalue weighted by molar-refractivity contribution is -0.113. The molecule has 0 bridgehead atoms. The summed E-state index contributed by atoms with van der Waals surface area (Å²) in [4.78, 5) is 29.0. The quantitative estimate of drug-likeness (QED) is 0.569. The molecule has 0 unspecified atom stereocenters. The van der Waals surface area contributed by atoms with Crippen molar-refractivity contribution in [2.75, 3.05) is 11.1 Å². The van der Waals surface area contributed by atoms with E-state index >= 15 is 0 Å². The Morgan fingerprint density at radius 2 is 2.17 bits per heavy atom. The summed E-state index contributed by atoms with van der Waals surface area (Å²) < 4.78 is 27.7. The molecule has 2 heterocycles. The molecular weight excluding hydrogens is 356 g/mol. The molecule has 0 saturated heterocycles. The standard InChI is InChI=1S/C15H11F2N3O2S2/c1-20-14(22)9-4-5-23-13(9)19-15(20)24-7-12(21)18-11-3-2-8(16)6-10(11)17/h2-6H,7H2,1H3,(H,18,21). The second-order valence-corrected chi connectivity index (χ2v) is 6.70. The van der Waals surface area contributed by atoms with Gasteiger partial charge in [0.05, 0.1) is 16.8 Å². The molecular formula is C15H11F2N3O2S2. The molecule has 2 aromatic heterocycles. The Balaban J connectivity index is 1.72. The SMILES string of the molecule is Cn1c(SCC(=O)Nc2ccc(F)cc2F)nc2sccc2c1=O. The molecule has 0 atom stereocenters. The van der Waals surface area contributed by atoms with E-state index in [0.717, 1.165) is 23.9 Å². The predicted octanol–water partition coefficient (Wildman–Crippen LogP) is 3.00. The maximum atomic E-state index is 13.5. The van der Waals surface area contributed by atoms with Crippen LogP contribution in [0.15, 0.2) is 39.6 Å². The van der Waals surface area contributed by atoms with Gasteiger partial charge < -0.3 is 5.32 Å². The van der Waals surface area contributed by atoms with Crippen LogP contribution in [0.5, 0.6) is 0 Å². The molecule has 1 N–H and O–H groups in total. The average Bonchev–Trinajstić information content (AvgIpc) is 3.01. The first-order valence-electron chi connectivity index (χ1n) is 6.77. The third kappa shape index (κ3) is 3.31. The zero-order chi connectivity index (χ0) is 17.3. The Morgan fingerprint density at radius 1 is 1.38 bits per heavy atom. The van der Waals surface area contributed by atoms with Crippen molar-refractivity contribution in [1.29, 1.82) is 0 Å². The van der Waals surface area contributed by atoms with Crippen molar-refractivity contribution in [3.63, 3.8) is 0 Å². The van der Waals surface area contributed by atoms with Crippen LogP contribution in [0.3, 0.4) is 0 Å². The maximum absolute atomic E-state index is 13.5. The van der Waals surface area contributed by atoms with Gasteiger partial charge in [-0.1, -0.05) is 11.8 Å². The zero-order valence-electron chi connectivity index (χ0n) is 12.4. The van der Waals surface area contributed by atoms with Crippen LogP contribution < -0.4 is 10.9 Å². The summed E-state index contributed by atoms with van der Waals surface area (Å²) in [5, 5.41) is 5.06. The smallest absolute Gasteiger partial charge is 0.262 e. The minimum atomic E-state index is -0.848. The van der Waals surface area contributed by atoms with Crippen LogP contribution in [0.2, 0.25) is 0 Å². The summed E-state index contributed by atoms with van der Waals surface area (Å²) in [6, 6.07) is 4.60. The molecule has 9 heteroatoms. The van der Waals surface area contributed by atoms with E-state index in [0.29, 0.717) is 21.4 Å². The number of rotatable bonds is 4. The summed E-state index contributed by atoms with van der Waals surface area (Å²) in [6.07, 6.45) is 0. The number of carbonyl (C=O) groups excluding carboxylic acids is 1. The molecule has 5 nitrogen and oxygen atoms in total. The molecule has 0 aliphatic rings. The molecule has 0 fully saturated rings. The van der Waals surface area contributed by atoms with Gasteiger partial charge in [0.25, 0.3) is 5.56 Å². The molecule has 0 aliphatic heterocycles. The number of nitrogens with one attached hydrogen (secondary N) is 1. The molecule has 24 heavy (non-hydrogen) atoms. The summed E-state index contributed by atoms with van der Waals surface area (Å²) in [5.74, 6) is -2.11. The van der Waals surface area contributed by atoms with Gasteiger partial charge in [-0.25, -0.2) is 13.8 Å². The van der Waals surface area contributed by atoms with Gasteiger partial charge in [0.2, 0.25) is 5.91 Å². The molecule has 0 radical (unpaired) electrons. The van der Waals surface area contributed by atoms with Crippen molar-refractivity contribution in [3.05, 3.63) is 51.6 Å². The van der Waals surface area contributed by atoms with E-state index in [9.17, 15) is 18.4 Å². The number of amides is 1. The number of anilines is 1. The molecule has 1 aromatic carbocycles. The largest absolute Gasteiger partial charge is 0.323 e. The maximum Gasteiger partial charge on any atom is 0.262 e. The highest BCUT2D eigenvalue weighted by atomic mass is 32.2. The van der Waals surface area contributed by atoms with E-state index < -0.39 is 17.5 Å². The van der Waals surface area contributed by atoms with Crippen LogP contribution >= 0.6 is 23.1 Å². The molecule has 3 rings (SSSR count). The fourth-order valence-electron chi connectivity index (χ4n) is 2.02. The van der Waals surface area contributed by atoms with E-state index in [2.05, 4.69) is 10.3 Å². The Bertz CT molecular complexity index is 984. The molecule has 0 aliphatic carbocycles. The fourth-order valence-corrected chi connectivity index (χ4v) is 3.59. The summed E-state index contributed by atoms with van der Waals surface area (Å²) in [7, 11) is 1.58. The zero-order valence-corrected chi connectivity index (χ0v) is 14.0. The third-order valence-corrected chi connectivity index (χ3v) is 5.04. The number of fused-ring (bicyclic) bond motifs is 1. The number of hydrogen-bond acceptors (Lipinski definition) is 5. The molecule has 124 valence electrons. The van der Waals surface area contributed by atoms with E-state index in [-0.39, 0.29) is 17.0 Å². The van der Waals surface area contributed by atoms with Crippen LogP contribution in [-0.2, 0) is 11.8 Å². The Hall–Kier alpha value is -2.26. The number of hydrogen-bond donors (Lipinski definition) is 1. The number of halogens is 2. The van der Waals surface area contributed by atoms with Gasteiger partial charge in [-0.3, -0.25) is 14.2 Å². The number of carbonyl (C=O) groups is 1. The van der Waals surface area contributed by atoms with E-state index in [4.69, 9.17) is 0 Å². The van der Waals surface area contributed by atoms with Gasteiger partial charge in [-0.15, -0.1) is 11.3 Å².